The first kappa shape index (κ1) is 16.0. The highest BCUT2D eigenvalue weighted by atomic mass is 16.5. The van der Waals surface area contributed by atoms with Crippen molar-refractivity contribution >= 4 is 5.97 Å². The van der Waals surface area contributed by atoms with Crippen molar-refractivity contribution in [1.29, 1.82) is 0 Å². The first-order valence-electron chi connectivity index (χ1n) is 7.28. The van der Waals surface area contributed by atoms with E-state index in [9.17, 15) is 4.79 Å². The Kier molecular flexibility index (Phi) is 6.39. The number of ether oxygens (including phenoxy) is 1. The molecule has 2 N–H and O–H groups in total. The van der Waals surface area contributed by atoms with Crippen LogP contribution in [0.3, 0.4) is 0 Å². The number of pyridine rings is 1. The quantitative estimate of drug-likeness (QED) is 0.697. The number of aliphatic carboxylic acids is 1. The molecule has 0 aliphatic heterocycles. The first-order chi connectivity index (χ1) is 10.8. The summed E-state index contributed by atoms with van der Waals surface area (Å²) in [6.07, 6.45) is 4.32. The molecule has 5 nitrogen and oxygen atoms in total. The number of hydrogen-bond donors (Lipinski definition) is 2. The molecular formula is C17H20N2O3. The minimum Gasteiger partial charge on any atom is -0.489 e. The monoisotopic (exact) mass is 300 g/mol. The number of benzene rings is 1. The van der Waals surface area contributed by atoms with Crippen LogP contribution in [0.2, 0.25) is 0 Å². The maximum absolute atomic E-state index is 10.5. The van der Waals surface area contributed by atoms with Gasteiger partial charge in [-0.2, -0.15) is 0 Å². The van der Waals surface area contributed by atoms with Gasteiger partial charge in [0.05, 0.1) is 0 Å². The van der Waals surface area contributed by atoms with Crippen molar-refractivity contribution in [3.63, 3.8) is 0 Å². The Bertz CT molecular complexity index is 587. The normalized spacial score (nSPS) is 10.4. The molecule has 2 aromatic rings. The van der Waals surface area contributed by atoms with E-state index in [1.807, 2.05) is 36.4 Å². The second-order valence-electron chi connectivity index (χ2n) is 4.93. The number of para-hydroxylation sites is 1. The molecule has 0 spiro atoms. The third kappa shape index (κ3) is 5.54. The van der Waals surface area contributed by atoms with Crippen LogP contribution in [0.1, 0.15) is 24.0 Å². The topological polar surface area (TPSA) is 71.5 Å². The Balaban J connectivity index is 1.83. The molecule has 116 valence electrons. The van der Waals surface area contributed by atoms with Crippen LogP contribution in [-0.2, 0) is 17.9 Å². The molecule has 0 aliphatic carbocycles. The van der Waals surface area contributed by atoms with Crippen LogP contribution in [0.5, 0.6) is 5.75 Å². The third-order valence-electron chi connectivity index (χ3n) is 3.15. The molecule has 22 heavy (non-hydrogen) atoms. The summed E-state index contributed by atoms with van der Waals surface area (Å²) in [7, 11) is 0. The van der Waals surface area contributed by atoms with E-state index in [-0.39, 0.29) is 6.42 Å². The van der Waals surface area contributed by atoms with Crippen LogP contribution in [0.15, 0.2) is 48.8 Å². The number of nitrogens with one attached hydrogen (secondary N) is 1. The summed E-state index contributed by atoms with van der Waals surface area (Å²) in [5, 5.41) is 11.8. The Morgan fingerprint density at radius 2 is 2.09 bits per heavy atom. The van der Waals surface area contributed by atoms with Crippen molar-refractivity contribution in [2.24, 2.45) is 0 Å². The lowest BCUT2D eigenvalue weighted by atomic mass is 10.2. The van der Waals surface area contributed by atoms with Crippen LogP contribution in [0.25, 0.3) is 0 Å². The third-order valence-corrected chi connectivity index (χ3v) is 3.15. The largest absolute Gasteiger partial charge is 0.489 e. The second kappa shape index (κ2) is 8.79. The fourth-order valence-electron chi connectivity index (χ4n) is 2.02. The van der Waals surface area contributed by atoms with Crippen LogP contribution >= 0.6 is 0 Å². The van der Waals surface area contributed by atoms with Crippen molar-refractivity contribution in [2.45, 2.75) is 26.0 Å². The van der Waals surface area contributed by atoms with Crippen LogP contribution in [0, 0.1) is 0 Å². The number of carboxylic acids is 1. The maximum atomic E-state index is 10.5. The smallest absolute Gasteiger partial charge is 0.303 e. The molecule has 0 unspecified atom stereocenters. The van der Waals surface area contributed by atoms with Crippen LogP contribution in [-0.4, -0.2) is 22.6 Å². The summed E-state index contributed by atoms with van der Waals surface area (Å²) < 4.78 is 5.84. The van der Waals surface area contributed by atoms with E-state index in [1.165, 1.54) is 0 Å². The van der Waals surface area contributed by atoms with E-state index in [2.05, 4.69) is 10.3 Å². The molecule has 0 fully saturated rings. The van der Waals surface area contributed by atoms with Crippen LogP contribution in [0.4, 0.5) is 0 Å². The molecule has 0 bridgehead atoms. The number of nitrogens with zero attached hydrogens (tertiary/aromatic N) is 1. The number of rotatable bonds is 9. The molecule has 5 heteroatoms. The van der Waals surface area contributed by atoms with Gasteiger partial charge in [0.25, 0.3) is 0 Å². The molecule has 2 rings (SSSR count). The molecule has 0 atom stereocenters. The van der Waals surface area contributed by atoms with Gasteiger partial charge < -0.3 is 15.2 Å². The second-order valence-corrected chi connectivity index (χ2v) is 4.93. The summed E-state index contributed by atoms with van der Waals surface area (Å²) in [5.74, 6) is 0.0686. The molecular weight excluding hydrogens is 280 g/mol. The van der Waals surface area contributed by atoms with Gasteiger partial charge in [-0.15, -0.1) is 0 Å². The number of carboxylic acid groups (broad SMARTS) is 1. The lowest BCUT2D eigenvalue weighted by Gasteiger charge is -2.12. The van der Waals surface area contributed by atoms with E-state index in [4.69, 9.17) is 9.84 Å². The molecule has 0 radical (unpaired) electrons. The van der Waals surface area contributed by atoms with Crippen molar-refractivity contribution < 1.29 is 14.6 Å². The zero-order chi connectivity index (χ0) is 15.6. The number of hydrogen-bond acceptors (Lipinski definition) is 4. The van der Waals surface area contributed by atoms with Crippen molar-refractivity contribution in [1.82, 2.24) is 10.3 Å². The van der Waals surface area contributed by atoms with E-state index < -0.39 is 5.97 Å². The van der Waals surface area contributed by atoms with Crippen molar-refractivity contribution in [3.8, 4) is 5.75 Å². The lowest BCUT2D eigenvalue weighted by molar-refractivity contribution is -0.137. The number of aromatic nitrogens is 1. The Labute approximate surface area is 130 Å². The molecule has 0 saturated heterocycles. The number of carbonyl (C=O) groups is 1. The van der Waals surface area contributed by atoms with Gasteiger partial charge in [0.1, 0.15) is 12.4 Å². The summed E-state index contributed by atoms with van der Waals surface area (Å²) in [5.41, 5.74) is 2.08. The highest BCUT2D eigenvalue weighted by molar-refractivity contribution is 5.66. The van der Waals surface area contributed by atoms with Crippen molar-refractivity contribution in [2.75, 3.05) is 6.54 Å². The summed E-state index contributed by atoms with van der Waals surface area (Å²) in [6, 6.07) is 11.7. The zero-order valence-electron chi connectivity index (χ0n) is 12.4. The van der Waals surface area contributed by atoms with Crippen molar-refractivity contribution in [3.05, 3.63) is 59.9 Å². The van der Waals surface area contributed by atoms with E-state index in [0.717, 1.165) is 16.9 Å². The molecule has 1 aromatic heterocycles. The predicted octanol–water partition coefficient (Wildman–Crippen LogP) is 2.62. The minimum atomic E-state index is -0.762. The summed E-state index contributed by atoms with van der Waals surface area (Å²) in [4.78, 5) is 14.5. The Morgan fingerprint density at radius 1 is 1.23 bits per heavy atom. The fourth-order valence-corrected chi connectivity index (χ4v) is 2.02. The zero-order valence-corrected chi connectivity index (χ0v) is 12.4. The predicted molar refractivity (Wildman–Crippen MR) is 83.6 cm³/mol. The van der Waals surface area contributed by atoms with Gasteiger partial charge in [0.2, 0.25) is 0 Å². The Morgan fingerprint density at radius 3 is 2.86 bits per heavy atom. The SMILES string of the molecule is O=C(O)CCCNCc1ccccc1OCc1cccnc1. The summed E-state index contributed by atoms with van der Waals surface area (Å²) >= 11 is 0. The minimum absolute atomic E-state index is 0.187. The van der Waals surface area contributed by atoms with Gasteiger partial charge in [-0.1, -0.05) is 24.3 Å². The van der Waals surface area contributed by atoms with E-state index >= 15 is 0 Å². The Hall–Kier alpha value is -2.40. The fraction of sp³-hybridized carbons (Fsp3) is 0.294. The highest BCUT2D eigenvalue weighted by Crippen LogP contribution is 2.19. The van der Waals surface area contributed by atoms with Gasteiger partial charge >= 0.3 is 5.97 Å². The van der Waals surface area contributed by atoms with Gasteiger partial charge in [-0.3, -0.25) is 9.78 Å². The van der Waals surface area contributed by atoms with Gasteiger partial charge in [-0.25, -0.2) is 0 Å². The van der Waals surface area contributed by atoms with E-state index in [0.29, 0.717) is 26.1 Å². The molecule has 1 heterocycles. The van der Waals surface area contributed by atoms with Gasteiger partial charge in [0.15, 0.2) is 0 Å². The molecule has 1 aromatic carbocycles. The van der Waals surface area contributed by atoms with Crippen LogP contribution < -0.4 is 10.1 Å². The summed E-state index contributed by atoms with van der Waals surface area (Å²) in [6.45, 7) is 1.80. The maximum Gasteiger partial charge on any atom is 0.303 e. The van der Waals surface area contributed by atoms with Gasteiger partial charge in [-0.05, 0) is 25.1 Å². The highest BCUT2D eigenvalue weighted by Gasteiger charge is 2.03. The standard InChI is InChI=1S/C17H20N2O3/c20-17(21)8-4-10-19-12-15-6-1-2-7-16(15)22-13-14-5-3-9-18-11-14/h1-3,5-7,9,11,19H,4,8,10,12-13H2,(H,20,21). The van der Waals surface area contributed by atoms with Gasteiger partial charge in [0, 0.05) is 36.5 Å². The first-order valence-corrected chi connectivity index (χ1v) is 7.28. The molecule has 0 aliphatic rings. The lowest BCUT2D eigenvalue weighted by Crippen LogP contribution is -2.16. The molecule has 0 amide bonds. The molecule has 0 saturated carbocycles. The average Bonchev–Trinajstić information content (AvgIpc) is 2.54. The average molecular weight is 300 g/mol. The van der Waals surface area contributed by atoms with E-state index in [1.54, 1.807) is 12.4 Å².